The molecule has 0 bridgehead atoms. The molecule has 106 valence electrons. The van der Waals surface area contributed by atoms with Gasteiger partial charge in [0.1, 0.15) is 5.69 Å². The van der Waals surface area contributed by atoms with Gasteiger partial charge in [0.15, 0.2) is 0 Å². The average molecular weight is 305 g/mol. The van der Waals surface area contributed by atoms with Gasteiger partial charge < -0.3 is 10.5 Å². The van der Waals surface area contributed by atoms with E-state index in [-0.39, 0.29) is 0 Å². The summed E-state index contributed by atoms with van der Waals surface area (Å²) in [5, 5.41) is -1.29. The number of pyridine rings is 1. The number of alkyl halides is 5. The van der Waals surface area contributed by atoms with Crippen LogP contribution in [-0.2, 0) is 6.54 Å². The van der Waals surface area contributed by atoms with Crippen LogP contribution in [-0.4, -0.2) is 16.6 Å². The molecule has 0 atom stereocenters. The molecule has 0 saturated carbocycles. The molecular formula is C9H6ClF5N2O2. The molecule has 0 radical (unpaired) electrons. The van der Waals surface area contributed by atoms with Gasteiger partial charge in [0, 0.05) is 17.7 Å². The molecule has 0 aliphatic heterocycles. The minimum Gasteiger partial charge on any atom is -0.387 e. The lowest BCUT2D eigenvalue weighted by atomic mass is 10.1. The minimum atomic E-state index is -5.16. The Morgan fingerprint density at radius 3 is 2.42 bits per heavy atom. The molecule has 0 fully saturated rings. The van der Waals surface area contributed by atoms with Crippen LogP contribution in [0.4, 0.5) is 22.0 Å². The summed E-state index contributed by atoms with van der Waals surface area (Å²) in [5.74, 6) is -1.21. The van der Waals surface area contributed by atoms with Crippen molar-refractivity contribution in [1.82, 2.24) is 4.98 Å². The number of aromatic nitrogens is 1. The van der Waals surface area contributed by atoms with Crippen molar-refractivity contribution < 1.29 is 31.5 Å². The highest BCUT2D eigenvalue weighted by Gasteiger charge is 2.34. The fourth-order valence-corrected chi connectivity index (χ4v) is 1.36. The molecule has 1 aromatic rings. The number of ether oxygens (including phenoxy) is 1. The molecule has 10 heteroatoms. The fourth-order valence-electron chi connectivity index (χ4n) is 1.26. The maximum Gasteiger partial charge on any atom is 0.574 e. The SMILES string of the molecule is NCc1c(C(F)F)cc(C(=O)Cl)nc1OC(F)(F)F. The molecule has 0 unspecified atom stereocenters. The number of hydrogen-bond acceptors (Lipinski definition) is 4. The van der Waals surface area contributed by atoms with Gasteiger partial charge in [-0.15, -0.1) is 13.2 Å². The molecule has 0 aliphatic carbocycles. The van der Waals surface area contributed by atoms with Gasteiger partial charge in [-0.2, -0.15) is 0 Å². The maximum absolute atomic E-state index is 12.7. The first-order chi connectivity index (χ1) is 8.65. The van der Waals surface area contributed by atoms with Crippen molar-refractivity contribution >= 4 is 16.8 Å². The third-order valence-electron chi connectivity index (χ3n) is 1.97. The number of nitrogens with zero attached hydrogens (tertiary/aromatic N) is 1. The van der Waals surface area contributed by atoms with E-state index in [2.05, 4.69) is 9.72 Å². The van der Waals surface area contributed by atoms with Crippen molar-refractivity contribution in [1.29, 1.82) is 0 Å². The molecule has 4 nitrogen and oxygen atoms in total. The molecule has 0 aliphatic rings. The molecule has 0 saturated heterocycles. The number of hydrogen-bond donors (Lipinski definition) is 1. The highest BCUT2D eigenvalue weighted by Crippen LogP contribution is 2.32. The quantitative estimate of drug-likeness (QED) is 0.686. The zero-order valence-corrected chi connectivity index (χ0v) is 9.73. The minimum absolute atomic E-state index is 0.575. The average Bonchev–Trinajstić information content (AvgIpc) is 2.25. The van der Waals surface area contributed by atoms with Gasteiger partial charge in [-0.1, -0.05) is 0 Å². The summed E-state index contributed by atoms with van der Waals surface area (Å²) in [5.41, 5.74) is 2.78. The van der Waals surface area contributed by atoms with Crippen molar-refractivity contribution in [2.24, 2.45) is 5.73 Å². The van der Waals surface area contributed by atoms with E-state index in [1.165, 1.54) is 0 Å². The van der Waals surface area contributed by atoms with Gasteiger partial charge in [0.25, 0.3) is 11.7 Å². The molecule has 1 rings (SSSR count). The molecule has 1 heterocycles. The monoisotopic (exact) mass is 304 g/mol. The highest BCUT2D eigenvalue weighted by molar-refractivity contribution is 6.67. The predicted molar refractivity (Wildman–Crippen MR) is 54.0 cm³/mol. The van der Waals surface area contributed by atoms with Crippen LogP contribution in [0, 0.1) is 0 Å². The molecular weight excluding hydrogens is 299 g/mol. The number of halogens is 6. The third kappa shape index (κ3) is 4.00. The van der Waals surface area contributed by atoms with E-state index in [1.54, 1.807) is 0 Å². The summed E-state index contributed by atoms with van der Waals surface area (Å²) in [7, 11) is 0. The lowest BCUT2D eigenvalue weighted by Crippen LogP contribution is -2.21. The fraction of sp³-hybridized carbons (Fsp3) is 0.333. The molecule has 0 amide bonds. The van der Waals surface area contributed by atoms with Crippen molar-refractivity contribution in [3.05, 3.63) is 22.9 Å². The Morgan fingerprint density at radius 2 is 2.05 bits per heavy atom. The van der Waals surface area contributed by atoms with Crippen LogP contribution < -0.4 is 10.5 Å². The van der Waals surface area contributed by atoms with E-state index in [0.717, 1.165) is 0 Å². The van der Waals surface area contributed by atoms with Crippen LogP contribution in [0.5, 0.6) is 5.88 Å². The van der Waals surface area contributed by atoms with Crippen LogP contribution in [0.15, 0.2) is 6.07 Å². The summed E-state index contributed by atoms with van der Waals surface area (Å²) in [6.45, 7) is -0.672. The predicted octanol–water partition coefficient (Wildman–Crippen LogP) is 2.76. The lowest BCUT2D eigenvalue weighted by Gasteiger charge is -2.15. The largest absolute Gasteiger partial charge is 0.574 e. The summed E-state index contributed by atoms with van der Waals surface area (Å²) < 4.78 is 65.2. The van der Waals surface area contributed by atoms with Gasteiger partial charge >= 0.3 is 6.36 Å². The maximum atomic E-state index is 12.7. The Kier molecular flexibility index (Phi) is 4.64. The van der Waals surface area contributed by atoms with Gasteiger partial charge in [-0.3, -0.25) is 4.79 Å². The second-order valence-electron chi connectivity index (χ2n) is 3.21. The summed E-state index contributed by atoms with van der Waals surface area (Å²) in [6, 6.07) is 0.575. The Balaban J connectivity index is 3.44. The molecule has 0 spiro atoms. The highest BCUT2D eigenvalue weighted by atomic mass is 35.5. The molecule has 2 N–H and O–H groups in total. The van der Waals surface area contributed by atoms with Crippen LogP contribution in [0.2, 0.25) is 0 Å². The summed E-state index contributed by atoms with van der Waals surface area (Å²) in [4.78, 5) is 14.0. The number of nitrogens with two attached hydrogens (primary N) is 1. The van der Waals surface area contributed by atoms with Crippen molar-refractivity contribution in [3.8, 4) is 5.88 Å². The van der Waals surface area contributed by atoms with Crippen molar-refractivity contribution in [2.75, 3.05) is 0 Å². The van der Waals surface area contributed by atoms with Gasteiger partial charge in [0.05, 0.1) is 0 Å². The Labute approximate surface area is 108 Å². The topological polar surface area (TPSA) is 65.2 Å². The van der Waals surface area contributed by atoms with Crippen LogP contribution in [0.1, 0.15) is 28.0 Å². The summed E-state index contributed by atoms with van der Waals surface area (Å²) in [6.07, 6.45) is -8.32. The first kappa shape index (κ1) is 15.6. The van der Waals surface area contributed by atoms with Crippen molar-refractivity contribution in [2.45, 2.75) is 19.3 Å². The zero-order chi connectivity index (χ0) is 14.8. The first-order valence-corrected chi connectivity index (χ1v) is 5.01. The van der Waals surface area contributed by atoms with E-state index in [9.17, 15) is 26.7 Å². The van der Waals surface area contributed by atoms with Crippen LogP contribution in [0.25, 0.3) is 0 Å². The zero-order valence-electron chi connectivity index (χ0n) is 8.97. The molecule has 19 heavy (non-hydrogen) atoms. The number of rotatable bonds is 4. The van der Waals surface area contributed by atoms with Gasteiger partial charge in [0.2, 0.25) is 5.88 Å². The van der Waals surface area contributed by atoms with Crippen molar-refractivity contribution in [3.63, 3.8) is 0 Å². The van der Waals surface area contributed by atoms with E-state index >= 15 is 0 Å². The van der Waals surface area contributed by atoms with E-state index in [4.69, 9.17) is 17.3 Å². The van der Waals surface area contributed by atoms with E-state index in [1.807, 2.05) is 0 Å². The van der Waals surface area contributed by atoms with Crippen LogP contribution in [0.3, 0.4) is 0 Å². The van der Waals surface area contributed by atoms with E-state index < -0.39 is 47.3 Å². The summed E-state index contributed by atoms with van der Waals surface area (Å²) >= 11 is 5.00. The van der Waals surface area contributed by atoms with E-state index in [0.29, 0.717) is 6.07 Å². The third-order valence-corrected chi connectivity index (χ3v) is 2.17. The second-order valence-corrected chi connectivity index (χ2v) is 3.55. The normalized spacial score (nSPS) is 11.8. The van der Waals surface area contributed by atoms with Gasteiger partial charge in [-0.05, 0) is 17.7 Å². The standard InChI is InChI=1S/C9H6ClF5N2O2/c10-6(18)5-1-3(7(11)12)4(2-16)8(17-5)19-9(13,14)15/h1,7H,2,16H2. The van der Waals surface area contributed by atoms with Gasteiger partial charge in [-0.25, -0.2) is 13.8 Å². The number of carbonyl (C=O) groups is 1. The Morgan fingerprint density at radius 1 is 1.47 bits per heavy atom. The van der Waals surface area contributed by atoms with Crippen LogP contribution >= 0.6 is 11.6 Å². The smallest absolute Gasteiger partial charge is 0.387 e. The number of carbonyl (C=O) groups excluding carboxylic acids is 1. The Bertz CT molecular complexity index is 492. The molecule has 1 aromatic heterocycles. The lowest BCUT2D eigenvalue weighted by molar-refractivity contribution is -0.276. The molecule has 0 aromatic carbocycles. The first-order valence-electron chi connectivity index (χ1n) is 4.63. The Hall–Kier alpha value is -1.48. The second kappa shape index (κ2) is 5.66.